The predicted molar refractivity (Wildman–Crippen MR) is 102 cm³/mol. The van der Waals surface area contributed by atoms with E-state index in [1.165, 1.54) is 17.7 Å². The minimum absolute atomic E-state index is 0.140. The summed E-state index contributed by atoms with van der Waals surface area (Å²) in [7, 11) is 0. The molecule has 2 saturated heterocycles. The highest BCUT2D eigenvalue weighted by atomic mass is 19.1. The molecule has 1 aromatic carbocycles. The average Bonchev–Trinajstić information content (AvgIpc) is 2.75. The van der Waals surface area contributed by atoms with Gasteiger partial charge in [0, 0.05) is 52.2 Å². The van der Waals surface area contributed by atoms with Gasteiger partial charge >= 0.3 is 6.03 Å². The van der Waals surface area contributed by atoms with Gasteiger partial charge in [0.2, 0.25) is 0 Å². The first-order valence-corrected chi connectivity index (χ1v) is 9.75. The Kier molecular flexibility index (Phi) is 5.71. The van der Waals surface area contributed by atoms with E-state index < -0.39 is 0 Å². The Morgan fingerprint density at radius 3 is 2.37 bits per heavy atom. The van der Waals surface area contributed by atoms with Crippen LogP contribution in [0.2, 0.25) is 0 Å². The molecule has 0 saturated carbocycles. The van der Waals surface area contributed by atoms with Crippen LogP contribution in [-0.2, 0) is 4.74 Å². The second kappa shape index (κ2) is 8.37. The molecule has 3 aliphatic heterocycles. The van der Waals surface area contributed by atoms with Crippen LogP contribution in [0.5, 0.6) is 0 Å². The van der Waals surface area contributed by atoms with Gasteiger partial charge in [0.1, 0.15) is 5.82 Å². The number of nitrogens with one attached hydrogen (secondary N) is 1. The van der Waals surface area contributed by atoms with Crippen LogP contribution in [0, 0.1) is 5.82 Å². The Bertz CT molecular complexity index is 680. The predicted octanol–water partition coefficient (Wildman–Crippen LogP) is 1.60. The fraction of sp³-hybridized carbons (Fsp3) is 0.550. The third-order valence-corrected chi connectivity index (χ3v) is 5.64. The Morgan fingerprint density at radius 1 is 1.00 bits per heavy atom. The summed E-state index contributed by atoms with van der Waals surface area (Å²) in [6.45, 7) is 6.70. The molecule has 3 heterocycles. The van der Waals surface area contributed by atoms with E-state index in [9.17, 15) is 9.18 Å². The first-order valence-electron chi connectivity index (χ1n) is 9.75. The largest absolute Gasteiger partial charge is 0.378 e. The summed E-state index contributed by atoms with van der Waals surface area (Å²) in [6, 6.07) is 6.87. The van der Waals surface area contributed by atoms with Gasteiger partial charge in [-0.1, -0.05) is 18.2 Å². The lowest BCUT2D eigenvalue weighted by Crippen LogP contribution is -2.59. The van der Waals surface area contributed by atoms with Crippen LogP contribution in [0.1, 0.15) is 12.0 Å². The molecule has 1 aromatic rings. The van der Waals surface area contributed by atoms with Crippen LogP contribution >= 0.6 is 0 Å². The van der Waals surface area contributed by atoms with Gasteiger partial charge < -0.3 is 14.5 Å². The molecule has 2 fully saturated rings. The highest BCUT2D eigenvalue weighted by Crippen LogP contribution is 2.25. The number of hydrogen-bond donors (Lipinski definition) is 1. The van der Waals surface area contributed by atoms with Crippen LogP contribution in [0.25, 0.3) is 5.57 Å². The van der Waals surface area contributed by atoms with Crippen molar-refractivity contribution in [1.82, 2.24) is 20.0 Å². The molecule has 146 valence electrons. The third kappa shape index (κ3) is 4.31. The second-order valence-electron chi connectivity index (χ2n) is 7.27. The van der Waals surface area contributed by atoms with Gasteiger partial charge in [-0.3, -0.25) is 10.2 Å². The van der Waals surface area contributed by atoms with Crippen LogP contribution in [-0.4, -0.2) is 85.9 Å². The maximum atomic E-state index is 13.2. The molecule has 1 atom stereocenters. The third-order valence-electron chi connectivity index (χ3n) is 5.64. The van der Waals surface area contributed by atoms with Crippen LogP contribution in [0.3, 0.4) is 0 Å². The smallest absolute Gasteiger partial charge is 0.320 e. The van der Waals surface area contributed by atoms with Crippen molar-refractivity contribution in [2.45, 2.75) is 12.6 Å². The van der Waals surface area contributed by atoms with Gasteiger partial charge in [0.15, 0.2) is 0 Å². The number of carbonyl (C=O) groups excluding carboxylic acids is 1. The molecule has 6 nitrogen and oxygen atoms in total. The quantitative estimate of drug-likeness (QED) is 0.854. The molecular weight excluding hydrogens is 347 g/mol. The molecule has 0 aromatic heterocycles. The van der Waals surface area contributed by atoms with Crippen LogP contribution in [0.15, 0.2) is 30.3 Å². The Hall–Kier alpha value is -1.96. The SMILES string of the molecule is O=C(N1CCOCC1)N1CCN(C2CC(c3ccc(F)cc3)=CCN2)CC1. The van der Waals surface area contributed by atoms with Crippen molar-refractivity contribution in [3.8, 4) is 0 Å². The standard InChI is InChI=1S/C20H27FN4O2/c21-18-3-1-16(2-4-18)17-5-6-22-19(15-17)23-7-9-24(10-8-23)20(26)25-11-13-27-14-12-25/h1-5,19,22H,6-15H2. The van der Waals surface area contributed by atoms with E-state index in [0.717, 1.165) is 44.7 Å². The molecule has 0 bridgehead atoms. The van der Waals surface area contributed by atoms with E-state index in [2.05, 4.69) is 16.3 Å². The lowest BCUT2D eigenvalue weighted by molar-refractivity contribution is 0.0332. The first-order chi connectivity index (χ1) is 13.2. The lowest BCUT2D eigenvalue weighted by atomic mass is 9.97. The summed E-state index contributed by atoms with van der Waals surface area (Å²) in [5, 5.41) is 3.55. The molecule has 3 aliphatic rings. The van der Waals surface area contributed by atoms with Gasteiger partial charge in [0.25, 0.3) is 0 Å². The number of nitrogens with zero attached hydrogens (tertiary/aromatic N) is 3. The van der Waals surface area contributed by atoms with Crippen molar-refractivity contribution >= 4 is 11.6 Å². The number of piperazine rings is 1. The minimum atomic E-state index is -0.203. The zero-order chi connectivity index (χ0) is 18.6. The zero-order valence-electron chi connectivity index (χ0n) is 15.6. The Morgan fingerprint density at radius 2 is 1.67 bits per heavy atom. The molecule has 27 heavy (non-hydrogen) atoms. The lowest BCUT2D eigenvalue weighted by Gasteiger charge is -2.42. The maximum absolute atomic E-state index is 13.2. The summed E-state index contributed by atoms with van der Waals surface area (Å²) < 4.78 is 18.5. The first kappa shape index (κ1) is 18.4. The van der Waals surface area contributed by atoms with E-state index in [1.807, 2.05) is 21.9 Å². The zero-order valence-corrected chi connectivity index (χ0v) is 15.6. The normalized spacial score (nSPS) is 24.6. The number of ether oxygens (including phenoxy) is 1. The monoisotopic (exact) mass is 374 g/mol. The van der Waals surface area contributed by atoms with Crippen molar-refractivity contribution in [3.05, 3.63) is 41.7 Å². The summed E-state index contributed by atoms with van der Waals surface area (Å²) in [4.78, 5) is 18.9. The Labute approximate surface area is 159 Å². The molecule has 4 rings (SSSR count). The van der Waals surface area contributed by atoms with Gasteiger partial charge in [0.05, 0.1) is 19.4 Å². The van der Waals surface area contributed by atoms with Crippen molar-refractivity contribution in [1.29, 1.82) is 0 Å². The second-order valence-corrected chi connectivity index (χ2v) is 7.27. The molecular formula is C20H27FN4O2. The average molecular weight is 374 g/mol. The minimum Gasteiger partial charge on any atom is -0.378 e. The van der Waals surface area contributed by atoms with Crippen LogP contribution < -0.4 is 5.32 Å². The molecule has 2 amide bonds. The molecule has 0 radical (unpaired) electrons. The van der Waals surface area contributed by atoms with E-state index in [4.69, 9.17) is 4.74 Å². The van der Waals surface area contributed by atoms with Crippen molar-refractivity contribution in [3.63, 3.8) is 0 Å². The Balaban J connectivity index is 1.31. The van der Waals surface area contributed by atoms with E-state index in [-0.39, 0.29) is 18.0 Å². The van der Waals surface area contributed by atoms with Gasteiger partial charge in [-0.2, -0.15) is 0 Å². The number of rotatable bonds is 2. The highest BCUT2D eigenvalue weighted by Gasteiger charge is 2.30. The molecule has 1 N–H and O–H groups in total. The summed E-state index contributed by atoms with van der Waals surface area (Å²) in [5.74, 6) is -0.203. The van der Waals surface area contributed by atoms with Crippen molar-refractivity contribution in [2.75, 3.05) is 59.0 Å². The molecule has 0 aliphatic carbocycles. The van der Waals surface area contributed by atoms with Crippen molar-refractivity contribution < 1.29 is 13.9 Å². The molecule has 0 spiro atoms. The molecule has 1 unspecified atom stereocenters. The number of hydrogen-bond acceptors (Lipinski definition) is 4. The highest BCUT2D eigenvalue weighted by molar-refractivity contribution is 5.74. The fourth-order valence-electron chi connectivity index (χ4n) is 4.02. The topological polar surface area (TPSA) is 48.1 Å². The maximum Gasteiger partial charge on any atom is 0.320 e. The number of amides is 2. The van der Waals surface area contributed by atoms with Gasteiger partial charge in [-0.15, -0.1) is 0 Å². The van der Waals surface area contributed by atoms with Crippen molar-refractivity contribution in [2.24, 2.45) is 0 Å². The fourth-order valence-corrected chi connectivity index (χ4v) is 4.02. The number of halogens is 1. The van der Waals surface area contributed by atoms with E-state index >= 15 is 0 Å². The van der Waals surface area contributed by atoms with Crippen LogP contribution in [0.4, 0.5) is 9.18 Å². The summed E-state index contributed by atoms with van der Waals surface area (Å²) >= 11 is 0. The van der Waals surface area contributed by atoms with Gasteiger partial charge in [-0.05, 0) is 23.3 Å². The summed E-state index contributed by atoms with van der Waals surface area (Å²) in [6.07, 6.45) is 3.33. The number of carbonyl (C=O) groups is 1. The summed E-state index contributed by atoms with van der Waals surface area (Å²) in [5.41, 5.74) is 2.34. The van der Waals surface area contributed by atoms with Gasteiger partial charge in [-0.25, -0.2) is 9.18 Å². The molecule has 7 heteroatoms. The van der Waals surface area contributed by atoms with E-state index in [0.29, 0.717) is 26.3 Å². The number of morpholine rings is 1. The number of benzene rings is 1. The van der Waals surface area contributed by atoms with E-state index in [1.54, 1.807) is 0 Å². The number of urea groups is 1.